The molecule has 0 saturated heterocycles. The number of nitrogens with zero attached hydrogens (tertiary/aromatic N) is 3. The molecule has 0 bridgehead atoms. The van der Waals surface area contributed by atoms with E-state index in [1.807, 2.05) is 50.2 Å². The van der Waals surface area contributed by atoms with E-state index in [1.165, 1.54) is 6.92 Å². The van der Waals surface area contributed by atoms with Gasteiger partial charge in [0.15, 0.2) is 0 Å². The molecule has 0 aliphatic carbocycles. The summed E-state index contributed by atoms with van der Waals surface area (Å²) >= 11 is 0. The van der Waals surface area contributed by atoms with Crippen LogP contribution in [-0.2, 0) is 17.9 Å². The van der Waals surface area contributed by atoms with Gasteiger partial charge in [0.1, 0.15) is 6.10 Å². The van der Waals surface area contributed by atoms with Gasteiger partial charge in [-0.1, -0.05) is 45.5 Å². The van der Waals surface area contributed by atoms with Crippen molar-refractivity contribution >= 4 is 28.0 Å². The smallest absolute Gasteiger partial charge is 0.326 e. The number of aliphatic hydroxyl groups excluding tert-OH is 2. The third-order valence-corrected chi connectivity index (χ3v) is 8.17. The lowest BCUT2D eigenvalue weighted by molar-refractivity contribution is -0.136. The normalized spacial score (nSPS) is 21.0. The van der Waals surface area contributed by atoms with Crippen LogP contribution in [-0.4, -0.2) is 69.8 Å². The minimum Gasteiger partial charge on any atom is -0.412 e. The van der Waals surface area contributed by atoms with Crippen molar-refractivity contribution in [3.63, 3.8) is 0 Å². The molecule has 2 aliphatic heterocycles. The van der Waals surface area contributed by atoms with E-state index in [9.17, 15) is 24.6 Å². The van der Waals surface area contributed by atoms with Gasteiger partial charge in [-0.3, -0.25) is 13.9 Å². The summed E-state index contributed by atoms with van der Waals surface area (Å²) in [5, 5.41) is 24.8. The van der Waals surface area contributed by atoms with Crippen LogP contribution < -0.4 is 16.7 Å². The molecule has 2 aromatic carbocycles. The van der Waals surface area contributed by atoms with Gasteiger partial charge in [-0.15, -0.1) is 0 Å². The molecule has 0 unspecified atom stereocenters. The monoisotopic (exact) mass is 598 g/mol. The molecule has 12 heteroatoms. The number of benzene rings is 2. The molecular formula is C31H46N6O6. The third kappa shape index (κ3) is 6.19. The van der Waals surface area contributed by atoms with Gasteiger partial charge in [-0.25, -0.2) is 9.59 Å². The van der Waals surface area contributed by atoms with Crippen LogP contribution in [0.25, 0.3) is 22.1 Å². The number of H-pyrrole nitrogens is 2. The topological polar surface area (TPSA) is 180 Å². The Kier molecular flexibility index (Phi) is 10.4. The molecule has 0 spiro atoms. The van der Waals surface area contributed by atoms with Gasteiger partial charge < -0.3 is 35.9 Å². The van der Waals surface area contributed by atoms with Crippen molar-refractivity contribution in [3.8, 4) is 0 Å². The van der Waals surface area contributed by atoms with Gasteiger partial charge in [0.05, 0.1) is 34.2 Å². The molecule has 2 aromatic heterocycles. The Balaban J connectivity index is 0.000000227. The van der Waals surface area contributed by atoms with Crippen molar-refractivity contribution in [2.45, 2.75) is 104 Å². The van der Waals surface area contributed by atoms with Crippen LogP contribution in [0.15, 0.2) is 46.0 Å². The zero-order chi connectivity index (χ0) is 29.6. The lowest BCUT2D eigenvalue weighted by atomic mass is 9.97. The fourth-order valence-electron chi connectivity index (χ4n) is 6.54. The summed E-state index contributed by atoms with van der Waals surface area (Å²) in [5.41, 5.74) is 4.36. The van der Waals surface area contributed by atoms with Crippen LogP contribution in [0, 0.1) is 0 Å². The van der Waals surface area contributed by atoms with Crippen molar-refractivity contribution < 1.29 is 20.5 Å². The molecule has 43 heavy (non-hydrogen) atoms. The second-order valence-electron chi connectivity index (χ2n) is 11.6. The van der Waals surface area contributed by atoms with Crippen LogP contribution >= 0.6 is 0 Å². The summed E-state index contributed by atoms with van der Waals surface area (Å²) in [6.45, 7) is 10.6. The third-order valence-electron chi connectivity index (χ3n) is 8.17. The number of rotatable bonds is 4. The van der Waals surface area contributed by atoms with Crippen molar-refractivity contribution in [2.24, 2.45) is 0 Å². The first kappa shape index (κ1) is 33.8. The molecule has 7 N–H and O–H groups in total. The van der Waals surface area contributed by atoms with Gasteiger partial charge in [-0.05, 0) is 38.8 Å². The van der Waals surface area contributed by atoms with Gasteiger partial charge in [0.2, 0.25) is 5.91 Å². The number of hydrogen-bond donors (Lipinski definition) is 5. The van der Waals surface area contributed by atoms with E-state index >= 15 is 0 Å². The van der Waals surface area contributed by atoms with E-state index in [-0.39, 0.29) is 48.3 Å². The molecular weight excluding hydrogens is 552 g/mol. The number of aromatic nitrogens is 4. The van der Waals surface area contributed by atoms with Crippen LogP contribution in [0.5, 0.6) is 0 Å². The van der Waals surface area contributed by atoms with Crippen LogP contribution in [0.2, 0.25) is 0 Å². The van der Waals surface area contributed by atoms with Crippen molar-refractivity contribution in [2.75, 3.05) is 0 Å². The summed E-state index contributed by atoms with van der Waals surface area (Å²) in [5.74, 6) is -0.0632. The number of hydrogen-bond acceptors (Lipinski definition) is 6. The van der Waals surface area contributed by atoms with Crippen molar-refractivity contribution in [3.05, 3.63) is 68.5 Å². The van der Waals surface area contributed by atoms with Gasteiger partial charge >= 0.3 is 11.4 Å². The van der Waals surface area contributed by atoms with Gasteiger partial charge in [0.25, 0.3) is 0 Å². The number of nitrogens with one attached hydrogen (secondary N) is 3. The number of carbonyl (C=O) groups is 1. The average Bonchev–Trinajstić information content (AvgIpc) is 3.31. The zero-order valence-corrected chi connectivity index (χ0v) is 24.7. The van der Waals surface area contributed by atoms with E-state index in [1.54, 1.807) is 14.0 Å². The first-order valence-electron chi connectivity index (χ1n) is 14.3. The number of para-hydroxylation sites is 2. The molecule has 1 amide bonds. The Morgan fingerprint density at radius 2 is 1.37 bits per heavy atom. The SMILES string of the molecule is C.CC(=O)N(C(C)C)[C@@H]1CCn2c(=O)[nH]c3cccc(c32)[C@H]1O.CC(C)N[C@@H]1CCn2c(=O)[nH]c3cccc(c32)[C@H]1O.O. The highest BCUT2D eigenvalue weighted by molar-refractivity contribution is 5.81. The molecule has 0 saturated carbocycles. The lowest BCUT2D eigenvalue weighted by Crippen LogP contribution is -2.46. The number of aromatic amines is 2. The van der Waals surface area contributed by atoms with E-state index in [2.05, 4.69) is 29.1 Å². The molecule has 0 fully saturated rings. The van der Waals surface area contributed by atoms with Gasteiger partial charge in [-0.2, -0.15) is 0 Å². The Bertz CT molecular complexity index is 1680. The molecule has 4 atom stereocenters. The standard InChI is InChI=1S/C16H21N3O3.C14H19N3O2.CH4.H2O/c1-9(2)19(10(3)20)13-7-8-18-14-11(15(13)21)5-4-6-12(14)17-16(18)22;1-8(2)15-11-6-7-17-12-9(13(11)18)4-3-5-10(12)16-14(17)19;;/h4-6,9,13,15,21H,7-8H2,1-3H3,(H,17,22);3-5,8,11,13,15,18H,6-7H2,1-2H3,(H,16,19);1H4;1H2/t13-,15-;11-,13-;;/m11../s1. The Hall–Kier alpha value is -3.71. The predicted octanol–water partition coefficient (Wildman–Crippen LogP) is 2.34. The number of carbonyl (C=O) groups excluding carboxylic acids is 1. The predicted molar refractivity (Wildman–Crippen MR) is 168 cm³/mol. The highest BCUT2D eigenvalue weighted by atomic mass is 16.3. The Morgan fingerprint density at radius 1 is 0.884 bits per heavy atom. The maximum absolute atomic E-state index is 12.1. The van der Waals surface area contributed by atoms with Crippen LogP contribution in [0.3, 0.4) is 0 Å². The number of aryl methyl sites for hydroxylation is 2. The summed E-state index contributed by atoms with van der Waals surface area (Å²) < 4.78 is 3.39. The van der Waals surface area contributed by atoms with Crippen LogP contribution in [0.4, 0.5) is 0 Å². The van der Waals surface area contributed by atoms with E-state index < -0.39 is 12.2 Å². The second-order valence-corrected chi connectivity index (χ2v) is 11.6. The summed E-state index contributed by atoms with van der Waals surface area (Å²) in [6, 6.07) is 11.1. The molecule has 4 heterocycles. The first-order chi connectivity index (χ1) is 19.5. The van der Waals surface area contributed by atoms with Gasteiger partial charge in [0, 0.05) is 49.3 Å². The van der Waals surface area contributed by atoms with Crippen molar-refractivity contribution in [1.82, 2.24) is 29.3 Å². The Morgan fingerprint density at radius 3 is 1.84 bits per heavy atom. The van der Waals surface area contributed by atoms with Crippen LogP contribution in [0.1, 0.15) is 78.2 Å². The molecule has 236 valence electrons. The quantitative estimate of drug-likeness (QED) is 0.240. The molecule has 12 nitrogen and oxygen atoms in total. The number of imidazole rings is 2. The van der Waals surface area contributed by atoms with Crippen molar-refractivity contribution in [1.29, 1.82) is 0 Å². The molecule has 4 aromatic rings. The second kappa shape index (κ2) is 13.3. The molecule has 6 rings (SSSR count). The summed E-state index contributed by atoms with van der Waals surface area (Å²) in [7, 11) is 0. The summed E-state index contributed by atoms with van der Waals surface area (Å²) in [6.07, 6.45) is -0.115. The largest absolute Gasteiger partial charge is 0.412 e. The minimum absolute atomic E-state index is 0. The highest BCUT2D eigenvalue weighted by Gasteiger charge is 2.35. The maximum atomic E-state index is 12.1. The zero-order valence-electron chi connectivity index (χ0n) is 24.7. The fraction of sp³-hybridized carbons (Fsp3) is 0.516. The van der Waals surface area contributed by atoms with E-state index in [0.717, 1.165) is 34.1 Å². The summed E-state index contributed by atoms with van der Waals surface area (Å²) in [4.78, 5) is 43.4. The van der Waals surface area contributed by atoms with E-state index in [0.29, 0.717) is 31.1 Å². The molecule has 2 aliphatic rings. The average molecular weight is 599 g/mol. The Labute approximate surface area is 250 Å². The molecule has 0 radical (unpaired) electrons. The fourth-order valence-corrected chi connectivity index (χ4v) is 6.54. The highest BCUT2D eigenvalue weighted by Crippen LogP contribution is 2.33. The first-order valence-corrected chi connectivity index (χ1v) is 14.3. The number of aliphatic hydroxyl groups is 2. The minimum atomic E-state index is -0.807. The maximum Gasteiger partial charge on any atom is 0.326 e. The number of amides is 1. The van der Waals surface area contributed by atoms with E-state index in [4.69, 9.17) is 0 Å². The lowest BCUT2D eigenvalue weighted by Gasteiger charge is -2.36.